The van der Waals surface area contributed by atoms with Gasteiger partial charge in [-0.05, 0) is 77.2 Å². The lowest BCUT2D eigenvalue weighted by atomic mass is 10.1. The number of aliphatic carboxylic acids is 9. The van der Waals surface area contributed by atoms with E-state index in [0.29, 0.717) is 12.8 Å². The van der Waals surface area contributed by atoms with E-state index in [4.69, 9.17) is 36.4 Å². The van der Waals surface area contributed by atoms with Crippen LogP contribution in [0.5, 0.6) is 0 Å². The number of carbonyl (C=O) groups excluding carboxylic acids is 3. The average molecular weight is 995 g/mol. The number of hydrogen-bond acceptors (Lipinski definition) is 17. The maximum absolute atomic E-state index is 13.8. The zero-order chi connectivity index (χ0) is 52.6. The molecule has 0 unspecified atom stereocenters. The van der Waals surface area contributed by atoms with Gasteiger partial charge in [0.2, 0.25) is 17.7 Å². The fourth-order valence-electron chi connectivity index (χ4n) is 7.15. The summed E-state index contributed by atoms with van der Waals surface area (Å²) in [7, 11) is 0. The number of rotatable bonds is 43. The van der Waals surface area contributed by atoms with Crippen LogP contribution in [0.3, 0.4) is 0 Å². The summed E-state index contributed by atoms with van der Waals surface area (Å²) in [4.78, 5) is 147. The Balaban J connectivity index is 6.12. The molecule has 0 spiro atoms. The first-order valence-electron chi connectivity index (χ1n) is 21.9. The van der Waals surface area contributed by atoms with E-state index in [1.54, 1.807) is 0 Å². The topological polar surface area (TPSA) is 462 Å². The molecule has 0 rings (SSSR count). The zero-order valence-electron chi connectivity index (χ0n) is 38.1. The minimum atomic E-state index is -1.48. The Hall–Kier alpha value is -6.56. The van der Waals surface area contributed by atoms with Gasteiger partial charge in [-0.1, -0.05) is 6.42 Å². The van der Waals surface area contributed by atoms with Crippen LogP contribution in [0.25, 0.3) is 0 Å². The molecular weight excluding hydrogens is 928 g/mol. The number of amides is 3. The minimum Gasteiger partial charge on any atom is -0.480 e. The number of nitrogens with zero attached hydrogens (tertiary/aromatic N) is 4. The highest BCUT2D eigenvalue weighted by Gasteiger charge is 2.32. The smallest absolute Gasteiger partial charge is 0.320 e. The van der Waals surface area contributed by atoms with Crippen molar-refractivity contribution in [2.24, 2.45) is 5.73 Å². The summed E-state index contributed by atoms with van der Waals surface area (Å²) in [6.45, 7) is -6.22. The van der Waals surface area contributed by atoms with Crippen molar-refractivity contribution in [3.05, 3.63) is 0 Å². The van der Waals surface area contributed by atoms with Crippen molar-refractivity contribution < 1.29 is 103 Å². The molecule has 29 nitrogen and oxygen atoms in total. The van der Waals surface area contributed by atoms with Crippen molar-refractivity contribution in [2.75, 3.05) is 78.5 Å². The highest BCUT2D eigenvalue weighted by atomic mass is 16.4. The monoisotopic (exact) mass is 994 g/mol. The molecule has 0 aliphatic carbocycles. The van der Waals surface area contributed by atoms with Gasteiger partial charge in [0.1, 0.15) is 18.1 Å². The summed E-state index contributed by atoms with van der Waals surface area (Å²) in [5, 5.41) is 91.8. The molecule has 0 aromatic heterocycles. The average Bonchev–Trinajstić information content (AvgIpc) is 3.20. The Labute approximate surface area is 395 Å². The lowest BCUT2D eigenvalue weighted by Crippen LogP contribution is -2.53. The summed E-state index contributed by atoms with van der Waals surface area (Å²) in [5.74, 6) is -15.1. The first kappa shape index (κ1) is 62.4. The molecule has 0 radical (unpaired) electrons. The normalized spacial score (nSPS) is 13.0. The van der Waals surface area contributed by atoms with Crippen molar-refractivity contribution >= 4 is 71.4 Å². The molecule has 0 fully saturated rings. The molecule has 69 heavy (non-hydrogen) atoms. The maximum atomic E-state index is 13.8. The third kappa shape index (κ3) is 29.1. The van der Waals surface area contributed by atoms with Crippen LogP contribution in [-0.2, 0) is 57.5 Å². The first-order valence-corrected chi connectivity index (χ1v) is 21.9. The van der Waals surface area contributed by atoms with E-state index >= 15 is 0 Å². The largest absolute Gasteiger partial charge is 0.480 e. The number of carbonyl (C=O) groups is 12. The highest BCUT2D eigenvalue weighted by Crippen LogP contribution is 2.14. The van der Waals surface area contributed by atoms with E-state index in [2.05, 4.69) is 16.0 Å². The fraction of sp³-hybridized carbons (Fsp3) is 0.700. The van der Waals surface area contributed by atoms with Gasteiger partial charge >= 0.3 is 53.7 Å². The molecule has 0 aliphatic rings. The van der Waals surface area contributed by atoms with Crippen LogP contribution in [0, 0.1) is 0 Å². The summed E-state index contributed by atoms with van der Waals surface area (Å²) in [6, 6.07) is -5.58. The van der Waals surface area contributed by atoms with Crippen molar-refractivity contribution in [1.29, 1.82) is 0 Å². The second kappa shape index (κ2) is 34.7. The van der Waals surface area contributed by atoms with Gasteiger partial charge in [-0.3, -0.25) is 77.1 Å². The van der Waals surface area contributed by atoms with Gasteiger partial charge in [0, 0.05) is 19.6 Å². The lowest BCUT2D eigenvalue weighted by Gasteiger charge is -2.30. The molecule has 14 N–H and O–H groups in total. The minimum absolute atomic E-state index is 0.0610. The Morgan fingerprint density at radius 2 is 0.580 bits per heavy atom. The van der Waals surface area contributed by atoms with Crippen LogP contribution in [0.4, 0.5) is 0 Å². The number of carboxylic acid groups (broad SMARTS) is 9. The second-order valence-corrected chi connectivity index (χ2v) is 15.8. The van der Waals surface area contributed by atoms with Crippen LogP contribution in [0.2, 0.25) is 0 Å². The van der Waals surface area contributed by atoms with Crippen LogP contribution in [0.15, 0.2) is 0 Å². The molecule has 3 amide bonds. The fourth-order valence-corrected chi connectivity index (χ4v) is 7.15. The predicted octanol–water partition coefficient (Wildman–Crippen LogP) is -3.58. The molecule has 392 valence electrons. The molecule has 0 saturated carbocycles. The van der Waals surface area contributed by atoms with Gasteiger partial charge in [-0.25, -0.2) is 0 Å². The molecule has 0 heterocycles. The Kier molecular flexibility index (Phi) is 31.4. The molecule has 0 aromatic rings. The van der Waals surface area contributed by atoms with Crippen molar-refractivity contribution in [1.82, 2.24) is 35.6 Å². The molecule has 0 aliphatic heterocycles. The first-order chi connectivity index (χ1) is 32.4. The van der Waals surface area contributed by atoms with Gasteiger partial charge in [0.15, 0.2) is 0 Å². The Morgan fingerprint density at radius 3 is 0.841 bits per heavy atom. The van der Waals surface area contributed by atoms with E-state index in [-0.39, 0.29) is 90.4 Å². The zero-order valence-corrected chi connectivity index (χ0v) is 38.1. The van der Waals surface area contributed by atoms with E-state index in [0.717, 1.165) is 14.7 Å². The SMILES string of the molecule is NCCCC[C@@H](C(=O)NCCCC[C@@H](C(=O)O)N(CC(=O)O)CC(=O)O)N(CC(=O)NCCCC[C@@H](C(=O)O)N(CC(=O)O)CC(=O)O)CC(=O)NCCCC[C@@H](C(=O)O)N(CC(=O)O)CC(=O)O. The summed E-state index contributed by atoms with van der Waals surface area (Å²) in [5.41, 5.74) is 5.68. The molecule has 0 saturated heterocycles. The standard InChI is InChI=1S/C40H66N8O21/c41-13-5-1-9-25(37(63)44-16-8-4-12-28(40(68)69)48(23-35(59)60)24-36(61)62)45(17-29(49)42-14-6-2-10-26(38(64)65)46(19-31(51)52)20-32(53)54)18-30(50)43-15-7-3-11-27(39(66)67)47(21-33(55)56)22-34(57)58/h25-28H,1-24,41H2,(H,42,49)(H,43,50)(H,44,63)(H,51,52)(H,53,54)(H,55,56)(H,57,58)(H,59,60)(H,61,62)(H,64,65)(H,66,67)(H,68,69)/t25-,26-,27-,28-/m0/s1. The molecule has 0 aromatic carbocycles. The van der Waals surface area contributed by atoms with Gasteiger partial charge < -0.3 is 67.6 Å². The Morgan fingerprint density at radius 1 is 0.333 bits per heavy atom. The summed E-state index contributed by atoms with van der Waals surface area (Å²) < 4.78 is 0. The molecular formula is C40H66N8O21. The van der Waals surface area contributed by atoms with E-state index in [1.807, 2.05) is 0 Å². The van der Waals surface area contributed by atoms with Gasteiger partial charge in [-0.15, -0.1) is 0 Å². The van der Waals surface area contributed by atoms with E-state index in [9.17, 15) is 72.9 Å². The number of unbranched alkanes of at least 4 members (excludes halogenated alkanes) is 4. The third-order valence-electron chi connectivity index (χ3n) is 10.2. The number of nitrogens with two attached hydrogens (primary N) is 1. The second-order valence-electron chi connectivity index (χ2n) is 15.8. The van der Waals surface area contributed by atoms with Crippen LogP contribution >= 0.6 is 0 Å². The van der Waals surface area contributed by atoms with Gasteiger partial charge in [0.25, 0.3) is 0 Å². The maximum Gasteiger partial charge on any atom is 0.320 e. The molecule has 0 bridgehead atoms. The highest BCUT2D eigenvalue weighted by molar-refractivity contribution is 5.86. The Bertz CT molecular complexity index is 1630. The van der Waals surface area contributed by atoms with Crippen molar-refractivity contribution in [2.45, 2.75) is 101 Å². The van der Waals surface area contributed by atoms with Crippen molar-refractivity contribution in [3.63, 3.8) is 0 Å². The molecule has 4 atom stereocenters. The summed E-state index contributed by atoms with van der Waals surface area (Å²) >= 11 is 0. The quantitative estimate of drug-likeness (QED) is 0.0263. The van der Waals surface area contributed by atoms with Crippen LogP contribution in [0.1, 0.15) is 77.0 Å². The predicted molar refractivity (Wildman–Crippen MR) is 234 cm³/mol. The van der Waals surface area contributed by atoms with Crippen LogP contribution in [-0.4, -0.2) is 240 Å². The molecule has 29 heteroatoms. The van der Waals surface area contributed by atoms with Gasteiger partial charge in [-0.2, -0.15) is 0 Å². The van der Waals surface area contributed by atoms with Crippen molar-refractivity contribution in [3.8, 4) is 0 Å². The third-order valence-corrected chi connectivity index (χ3v) is 10.2. The number of carboxylic acids is 9. The van der Waals surface area contributed by atoms with Gasteiger partial charge in [0.05, 0.1) is 58.4 Å². The van der Waals surface area contributed by atoms with Crippen LogP contribution < -0.4 is 21.7 Å². The summed E-state index contributed by atoms with van der Waals surface area (Å²) in [6.07, 6.45) is 1.01. The number of hydrogen-bond donors (Lipinski definition) is 13. The lowest BCUT2D eigenvalue weighted by molar-refractivity contribution is -0.152. The number of nitrogens with one attached hydrogen (secondary N) is 3. The van der Waals surface area contributed by atoms with E-state index < -0.39 is 148 Å². The van der Waals surface area contributed by atoms with E-state index in [1.165, 1.54) is 4.90 Å².